The summed E-state index contributed by atoms with van der Waals surface area (Å²) in [5.74, 6) is -0.132. The monoisotopic (exact) mass is 515 g/mol. The Labute approximate surface area is 214 Å². The fraction of sp³-hybridized carbons (Fsp3) is 0.444. The van der Waals surface area contributed by atoms with E-state index in [4.69, 9.17) is 4.74 Å². The van der Waals surface area contributed by atoms with E-state index in [1.54, 1.807) is 36.2 Å². The van der Waals surface area contributed by atoms with E-state index in [1.807, 2.05) is 18.2 Å². The van der Waals surface area contributed by atoms with E-state index in [1.165, 1.54) is 7.11 Å². The van der Waals surface area contributed by atoms with Crippen LogP contribution in [-0.2, 0) is 4.79 Å². The summed E-state index contributed by atoms with van der Waals surface area (Å²) in [5, 5.41) is 10.9. The highest BCUT2D eigenvalue weighted by atomic mass is 32.2. The number of hydrogen-bond acceptors (Lipinski definition) is 6. The number of carboxylic acid groups (broad SMARTS) is 1. The molecule has 1 aromatic carbocycles. The number of fused-ring (bicyclic) bond motifs is 1. The van der Waals surface area contributed by atoms with Gasteiger partial charge in [0.1, 0.15) is 17.7 Å². The lowest BCUT2D eigenvalue weighted by Crippen LogP contribution is -2.42. The van der Waals surface area contributed by atoms with Crippen LogP contribution in [-0.4, -0.2) is 58.4 Å². The molecule has 0 bridgehead atoms. The van der Waals surface area contributed by atoms with E-state index >= 15 is 4.39 Å². The Balaban J connectivity index is 1.38. The molecule has 36 heavy (non-hydrogen) atoms. The average Bonchev–Trinajstić information content (AvgIpc) is 2.88. The van der Waals surface area contributed by atoms with Crippen molar-refractivity contribution in [2.24, 2.45) is 11.8 Å². The van der Waals surface area contributed by atoms with Gasteiger partial charge in [-0.1, -0.05) is 6.07 Å². The highest BCUT2D eigenvalue weighted by Gasteiger charge is 2.32. The standard InChI is InChI=1S/C27H31F2N3O3S/c1-35-20-6-8-24-21(15-20)27(23(29)16-31-24)22(28)7-5-18-9-11-32(17-19(18)14-26(33)34)12-13-36-25-4-2-3-10-30-25/h2-4,6,8,10,15-16,18-19,22H,5,7,9,11-14,17H2,1H3,(H,33,34)/t18?,19?,22-/m1/s1. The summed E-state index contributed by atoms with van der Waals surface area (Å²) in [6.07, 6.45) is 2.80. The first kappa shape index (κ1) is 26.3. The molecule has 0 aliphatic carbocycles. The Morgan fingerprint density at radius 1 is 1.28 bits per heavy atom. The minimum atomic E-state index is -1.51. The molecule has 2 aromatic heterocycles. The zero-order valence-electron chi connectivity index (χ0n) is 20.3. The maximum atomic E-state index is 15.5. The molecule has 0 spiro atoms. The van der Waals surface area contributed by atoms with Crippen LogP contribution in [0, 0.1) is 17.7 Å². The number of carbonyl (C=O) groups is 1. The van der Waals surface area contributed by atoms with Gasteiger partial charge in [-0.15, -0.1) is 11.8 Å². The summed E-state index contributed by atoms with van der Waals surface area (Å²) in [6, 6.07) is 10.8. The smallest absolute Gasteiger partial charge is 0.303 e. The second kappa shape index (κ2) is 12.5. The largest absolute Gasteiger partial charge is 0.497 e. The summed E-state index contributed by atoms with van der Waals surface area (Å²) in [4.78, 5) is 22.2. The summed E-state index contributed by atoms with van der Waals surface area (Å²) in [7, 11) is 1.51. The molecule has 1 N–H and O–H groups in total. The van der Waals surface area contributed by atoms with Crippen LogP contribution in [0.1, 0.15) is 37.4 Å². The number of hydrogen-bond donors (Lipinski definition) is 1. The Morgan fingerprint density at radius 3 is 2.89 bits per heavy atom. The molecule has 9 heteroatoms. The fourth-order valence-electron chi connectivity index (χ4n) is 5.02. The minimum absolute atomic E-state index is 0.00216. The van der Waals surface area contributed by atoms with Crippen LogP contribution < -0.4 is 4.74 Å². The third kappa shape index (κ3) is 6.70. The topological polar surface area (TPSA) is 75.5 Å². The summed E-state index contributed by atoms with van der Waals surface area (Å²) in [5.41, 5.74) is 0.508. The molecule has 1 aliphatic heterocycles. The summed E-state index contributed by atoms with van der Waals surface area (Å²) < 4.78 is 35.4. The van der Waals surface area contributed by atoms with Crippen molar-refractivity contribution in [3.8, 4) is 5.75 Å². The number of piperidine rings is 1. The number of nitrogens with zero attached hydrogens (tertiary/aromatic N) is 3. The van der Waals surface area contributed by atoms with Crippen molar-refractivity contribution in [2.75, 3.05) is 32.5 Å². The van der Waals surface area contributed by atoms with Gasteiger partial charge in [0.2, 0.25) is 0 Å². The van der Waals surface area contributed by atoms with Crippen LogP contribution >= 0.6 is 11.8 Å². The number of alkyl halides is 1. The van der Waals surface area contributed by atoms with Crippen molar-refractivity contribution in [1.29, 1.82) is 0 Å². The number of thioether (sulfide) groups is 1. The lowest BCUT2D eigenvalue weighted by Gasteiger charge is -2.38. The SMILES string of the molecule is COc1ccc2ncc(F)c([C@H](F)CCC3CCN(CCSc4ccccn4)CC3CC(=O)O)c2c1. The zero-order chi connectivity index (χ0) is 25.5. The van der Waals surface area contributed by atoms with Crippen LogP contribution in [0.3, 0.4) is 0 Å². The number of aliphatic carboxylic acids is 1. The van der Waals surface area contributed by atoms with Crippen molar-refractivity contribution in [2.45, 2.75) is 36.9 Å². The predicted octanol–water partition coefficient (Wildman–Crippen LogP) is 5.77. The number of likely N-dealkylation sites (tertiary alicyclic amines) is 1. The molecular weight excluding hydrogens is 484 g/mol. The molecule has 2 unspecified atom stereocenters. The number of pyridine rings is 2. The third-order valence-corrected chi connectivity index (χ3v) is 7.80. The van der Waals surface area contributed by atoms with Gasteiger partial charge in [0, 0.05) is 42.4 Å². The minimum Gasteiger partial charge on any atom is -0.497 e. The first-order chi connectivity index (χ1) is 17.4. The number of carboxylic acids is 1. The van der Waals surface area contributed by atoms with Crippen molar-refractivity contribution in [1.82, 2.24) is 14.9 Å². The van der Waals surface area contributed by atoms with Crippen molar-refractivity contribution < 1.29 is 23.4 Å². The van der Waals surface area contributed by atoms with Gasteiger partial charge < -0.3 is 14.7 Å². The van der Waals surface area contributed by atoms with Gasteiger partial charge in [0.25, 0.3) is 0 Å². The van der Waals surface area contributed by atoms with Gasteiger partial charge in [-0.2, -0.15) is 0 Å². The second-order valence-electron chi connectivity index (χ2n) is 9.17. The zero-order valence-corrected chi connectivity index (χ0v) is 21.1. The van der Waals surface area contributed by atoms with E-state index in [2.05, 4.69) is 14.9 Å². The first-order valence-corrected chi connectivity index (χ1v) is 13.2. The molecular formula is C27H31F2N3O3S. The molecule has 3 atom stereocenters. The quantitative estimate of drug-likeness (QED) is 0.325. The van der Waals surface area contributed by atoms with Crippen molar-refractivity contribution in [3.05, 3.63) is 60.2 Å². The maximum absolute atomic E-state index is 15.5. The molecule has 0 radical (unpaired) electrons. The molecule has 1 fully saturated rings. The normalized spacial score (nSPS) is 19.3. The Morgan fingerprint density at radius 2 is 2.14 bits per heavy atom. The van der Waals surface area contributed by atoms with Gasteiger partial charge in [-0.3, -0.25) is 9.78 Å². The van der Waals surface area contributed by atoms with Gasteiger partial charge in [0.05, 0.1) is 23.8 Å². The molecule has 3 heterocycles. The number of aromatic nitrogens is 2. The Hall–Kier alpha value is -2.78. The maximum Gasteiger partial charge on any atom is 0.303 e. The molecule has 1 aliphatic rings. The fourth-order valence-corrected chi connectivity index (χ4v) is 5.89. The van der Waals surface area contributed by atoms with Crippen molar-refractivity contribution >= 4 is 28.6 Å². The van der Waals surface area contributed by atoms with E-state index in [0.29, 0.717) is 29.6 Å². The molecule has 3 aromatic rings. The number of rotatable bonds is 11. The highest BCUT2D eigenvalue weighted by Crippen LogP contribution is 2.37. The number of benzene rings is 1. The van der Waals surface area contributed by atoms with Crippen LogP contribution in [0.25, 0.3) is 10.9 Å². The number of methoxy groups -OCH3 is 1. The highest BCUT2D eigenvalue weighted by molar-refractivity contribution is 7.99. The molecule has 1 saturated heterocycles. The van der Waals surface area contributed by atoms with Crippen LogP contribution in [0.15, 0.2) is 53.8 Å². The lowest BCUT2D eigenvalue weighted by molar-refractivity contribution is -0.139. The van der Waals surface area contributed by atoms with Crippen LogP contribution in [0.4, 0.5) is 8.78 Å². The molecule has 192 valence electrons. The first-order valence-electron chi connectivity index (χ1n) is 12.2. The summed E-state index contributed by atoms with van der Waals surface area (Å²) >= 11 is 1.68. The van der Waals surface area contributed by atoms with E-state index < -0.39 is 18.0 Å². The van der Waals surface area contributed by atoms with Gasteiger partial charge in [0.15, 0.2) is 0 Å². The van der Waals surface area contributed by atoms with E-state index in [0.717, 1.165) is 36.5 Å². The van der Waals surface area contributed by atoms with Gasteiger partial charge in [-0.25, -0.2) is 13.8 Å². The predicted molar refractivity (Wildman–Crippen MR) is 137 cm³/mol. The average molecular weight is 516 g/mol. The summed E-state index contributed by atoms with van der Waals surface area (Å²) in [6.45, 7) is 2.34. The van der Waals surface area contributed by atoms with Crippen LogP contribution in [0.5, 0.6) is 5.75 Å². The van der Waals surface area contributed by atoms with Gasteiger partial charge >= 0.3 is 5.97 Å². The Bertz CT molecular complexity index is 1170. The second-order valence-corrected chi connectivity index (χ2v) is 10.3. The molecule has 4 rings (SSSR count). The lowest BCUT2D eigenvalue weighted by atomic mass is 9.79. The van der Waals surface area contributed by atoms with E-state index in [-0.39, 0.29) is 30.2 Å². The van der Waals surface area contributed by atoms with Crippen molar-refractivity contribution in [3.63, 3.8) is 0 Å². The van der Waals surface area contributed by atoms with Crippen LogP contribution in [0.2, 0.25) is 0 Å². The molecule has 0 saturated carbocycles. The Kier molecular flexibility index (Phi) is 9.09. The third-order valence-electron chi connectivity index (χ3n) is 6.88. The number of ether oxygens (including phenoxy) is 1. The molecule has 0 amide bonds. The van der Waals surface area contributed by atoms with Gasteiger partial charge in [-0.05, 0) is 68.0 Å². The number of halogens is 2. The van der Waals surface area contributed by atoms with E-state index in [9.17, 15) is 14.3 Å². The molecule has 6 nitrogen and oxygen atoms in total.